The van der Waals surface area contributed by atoms with Crippen molar-refractivity contribution in [1.82, 2.24) is 0 Å². The van der Waals surface area contributed by atoms with E-state index in [1.807, 2.05) is 0 Å². The highest BCUT2D eigenvalue weighted by atomic mass is 16.1. The fraction of sp³-hybridized carbons (Fsp3) is 0.588. The standard InChI is InChI=1S/C17H23NO/c1-14-8-9-15-6-2-3-7-16(15)18(14)12-17(13-19)10-4-5-11-17/h2-3,6-7,13-14H,4-5,8-12H2,1H3. The maximum Gasteiger partial charge on any atom is 0.127 e. The lowest BCUT2D eigenvalue weighted by molar-refractivity contribution is -0.115. The number of carbonyl (C=O) groups is 1. The lowest BCUT2D eigenvalue weighted by Crippen LogP contribution is -2.44. The predicted octanol–water partition coefficient (Wildman–Crippen LogP) is 3.59. The average Bonchev–Trinajstić information content (AvgIpc) is 2.91. The van der Waals surface area contributed by atoms with Gasteiger partial charge in [0.1, 0.15) is 6.29 Å². The number of benzene rings is 1. The van der Waals surface area contributed by atoms with Gasteiger partial charge in [-0.25, -0.2) is 0 Å². The Morgan fingerprint density at radius 3 is 2.79 bits per heavy atom. The maximum atomic E-state index is 11.6. The first-order valence-electron chi connectivity index (χ1n) is 7.55. The molecule has 19 heavy (non-hydrogen) atoms. The van der Waals surface area contributed by atoms with Crippen LogP contribution in [0.4, 0.5) is 5.69 Å². The van der Waals surface area contributed by atoms with Crippen LogP contribution < -0.4 is 4.90 Å². The number of aryl methyl sites for hydroxylation is 1. The number of carbonyl (C=O) groups excluding carboxylic acids is 1. The molecule has 0 N–H and O–H groups in total. The SMILES string of the molecule is CC1CCc2ccccc2N1CC1(C=O)CCCC1. The quantitative estimate of drug-likeness (QED) is 0.771. The largest absolute Gasteiger partial charge is 0.368 e. The van der Waals surface area contributed by atoms with Gasteiger partial charge in [0.15, 0.2) is 0 Å². The zero-order valence-electron chi connectivity index (χ0n) is 11.8. The molecule has 0 spiro atoms. The van der Waals surface area contributed by atoms with Crippen LogP contribution in [0.15, 0.2) is 24.3 Å². The van der Waals surface area contributed by atoms with Gasteiger partial charge in [-0.1, -0.05) is 31.0 Å². The number of hydrogen-bond donors (Lipinski definition) is 0. The van der Waals surface area contributed by atoms with Crippen LogP contribution in [0.2, 0.25) is 0 Å². The van der Waals surface area contributed by atoms with Crippen molar-refractivity contribution in [1.29, 1.82) is 0 Å². The van der Waals surface area contributed by atoms with Crippen molar-refractivity contribution in [2.24, 2.45) is 5.41 Å². The molecule has 1 aliphatic carbocycles. The molecule has 0 bridgehead atoms. The molecule has 2 heteroatoms. The summed E-state index contributed by atoms with van der Waals surface area (Å²) in [5.41, 5.74) is 2.72. The molecule has 0 saturated heterocycles. The molecule has 1 unspecified atom stereocenters. The van der Waals surface area contributed by atoms with Crippen LogP contribution in [-0.2, 0) is 11.2 Å². The molecule has 1 aliphatic heterocycles. The second-order valence-corrected chi connectivity index (χ2v) is 6.33. The molecule has 2 aliphatic rings. The van der Waals surface area contributed by atoms with Gasteiger partial charge in [0, 0.05) is 23.7 Å². The van der Waals surface area contributed by atoms with Crippen molar-refractivity contribution < 1.29 is 4.79 Å². The summed E-state index contributed by atoms with van der Waals surface area (Å²) < 4.78 is 0. The van der Waals surface area contributed by atoms with Crippen molar-refractivity contribution in [3.63, 3.8) is 0 Å². The van der Waals surface area contributed by atoms with Gasteiger partial charge >= 0.3 is 0 Å². The van der Waals surface area contributed by atoms with Crippen LogP contribution in [0.1, 0.15) is 44.6 Å². The number of rotatable bonds is 3. The third-order valence-electron chi connectivity index (χ3n) is 5.00. The third kappa shape index (κ3) is 2.29. The molecule has 1 fully saturated rings. The molecule has 2 nitrogen and oxygen atoms in total. The van der Waals surface area contributed by atoms with Crippen LogP contribution in [0, 0.1) is 5.41 Å². The number of nitrogens with zero attached hydrogens (tertiary/aromatic N) is 1. The summed E-state index contributed by atoms with van der Waals surface area (Å²) in [5, 5.41) is 0. The Balaban J connectivity index is 1.89. The van der Waals surface area contributed by atoms with Crippen LogP contribution in [-0.4, -0.2) is 18.9 Å². The van der Waals surface area contributed by atoms with Gasteiger partial charge in [0.05, 0.1) is 0 Å². The Morgan fingerprint density at radius 1 is 1.32 bits per heavy atom. The summed E-state index contributed by atoms with van der Waals surface area (Å²) in [7, 11) is 0. The van der Waals surface area contributed by atoms with Crippen molar-refractivity contribution in [3.05, 3.63) is 29.8 Å². The topological polar surface area (TPSA) is 20.3 Å². The van der Waals surface area contributed by atoms with Crippen LogP contribution >= 0.6 is 0 Å². The second-order valence-electron chi connectivity index (χ2n) is 6.33. The maximum absolute atomic E-state index is 11.6. The fourth-order valence-corrected chi connectivity index (χ4v) is 3.73. The van der Waals surface area contributed by atoms with Crippen molar-refractivity contribution in [2.45, 2.75) is 51.5 Å². The van der Waals surface area contributed by atoms with Crippen LogP contribution in [0.3, 0.4) is 0 Å². The Hall–Kier alpha value is -1.31. The Morgan fingerprint density at radius 2 is 2.05 bits per heavy atom. The minimum absolute atomic E-state index is 0.0846. The Kier molecular flexibility index (Phi) is 3.34. The van der Waals surface area contributed by atoms with E-state index >= 15 is 0 Å². The van der Waals surface area contributed by atoms with E-state index in [2.05, 4.69) is 36.1 Å². The van der Waals surface area contributed by atoms with E-state index in [4.69, 9.17) is 0 Å². The normalized spacial score (nSPS) is 25.1. The van der Waals surface area contributed by atoms with E-state index in [0.717, 1.165) is 19.4 Å². The summed E-state index contributed by atoms with van der Waals surface area (Å²) in [6, 6.07) is 9.24. The number of anilines is 1. The van der Waals surface area contributed by atoms with Gasteiger partial charge in [-0.15, -0.1) is 0 Å². The second kappa shape index (κ2) is 4.99. The van der Waals surface area contributed by atoms with Crippen LogP contribution in [0.25, 0.3) is 0 Å². The number of hydrogen-bond acceptors (Lipinski definition) is 2. The Bertz CT molecular complexity index is 462. The lowest BCUT2D eigenvalue weighted by atomic mass is 9.85. The van der Waals surface area contributed by atoms with Crippen molar-refractivity contribution >= 4 is 12.0 Å². The van der Waals surface area contributed by atoms with E-state index in [1.54, 1.807) is 0 Å². The minimum atomic E-state index is -0.0846. The molecule has 1 aromatic carbocycles. The monoisotopic (exact) mass is 257 g/mol. The summed E-state index contributed by atoms with van der Waals surface area (Å²) in [5.74, 6) is 0. The molecule has 0 radical (unpaired) electrons. The third-order valence-corrected chi connectivity index (χ3v) is 5.00. The van der Waals surface area contributed by atoms with Gasteiger partial charge in [0.2, 0.25) is 0 Å². The molecule has 3 rings (SSSR count). The van der Waals surface area contributed by atoms with E-state index in [1.165, 1.54) is 43.2 Å². The van der Waals surface area contributed by atoms with E-state index in [-0.39, 0.29) is 5.41 Å². The number of fused-ring (bicyclic) bond motifs is 1. The molecule has 0 amide bonds. The highest BCUT2D eigenvalue weighted by Crippen LogP contribution is 2.40. The lowest BCUT2D eigenvalue weighted by Gasteiger charge is -2.41. The van der Waals surface area contributed by atoms with Crippen molar-refractivity contribution in [3.8, 4) is 0 Å². The van der Waals surface area contributed by atoms with E-state index in [0.29, 0.717) is 6.04 Å². The molecule has 0 aromatic heterocycles. The Labute approximate surface area is 115 Å². The summed E-state index contributed by atoms with van der Waals surface area (Å²) >= 11 is 0. The molecule has 102 valence electrons. The highest BCUT2D eigenvalue weighted by Gasteiger charge is 2.37. The number of aldehydes is 1. The van der Waals surface area contributed by atoms with Crippen molar-refractivity contribution in [2.75, 3.05) is 11.4 Å². The first-order valence-corrected chi connectivity index (χ1v) is 7.55. The first-order chi connectivity index (χ1) is 9.24. The molecule has 1 aromatic rings. The molecule has 1 atom stereocenters. The molecular formula is C17H23NO. The van der Waals surface area contributed by atoms with Gasteiger partial charge in [-0.05, 0) is 44.2 Å². The average molecular weight is 257 g/mol. The smallest absolute Gasteiger partial charge is 0.127 e. The summed E-state index contributed by atoms with van der Waals surface area (Å²) in [4.78, 5) is 14.1. The van der Waals surface area contributed by atoms with Crippen LogP contribution in [0.5, 0.6) is 0 Å². The minimum Gasteiger partial charge on any atom is -0.368 e. The van der Waals surface area contributed by atoms with Gasteiger partial charge in [-0.3, -0.25) is 0 Å². The molecular weight excluding hydrogens is 234 g/mol. The van der Waals surface area contributed by atoms with E-state index < -0.39 is 0 Å². The first kappa shape index (κ1) is 12.7. The van der Waals surface area contributed by atoms with Gasteiger partial charge in [-0.2, -0.15) is 0 Å². The van der Waals surface area contributed by atoms with Gasteiger partial charge < -0.3 is 9.69 Å². The zero-order chi connectivity index (χ0) is 13.3. The molecule has 1 heterocycles. The zero-order valence-corrected chi connectivity index (χ0v) is 11.8. The number of para-hydroxylation sites is 1. The molecule has 1 saturated carbocycles. The summed E-state index contributed by atoms with van der Waals surface area (Å²) in [6.45, 7) is 3.21. The van der Waals surface area contributed by atoms with E-state index in [9.17, 15) is 4.79 Å². The predicted molar refractivity (Wildman–Crippen MR) is 78.5 cm³/mol. The fourth-order valence-electron chi connectivity index (χ4n) is 3.73. The summed E-state index contributed by atoms with van der Waals surface area (Å²) in [6.07, 6.45) is 8.17. The highest BCUT2D eigenvalue weighted by molar-refractivity contribution is 5.64. The van der Waals surface area contributed by atoms with Gasteiger partial charge in [0.25, 0.3) is 0 Å².